The lowest BCUT2D eigenvalue weighted by Crippen LogP contribution is -2.45. The molecule has 2 unspecified atom stereocenters. The van der Waals surface area contributed by atoms with Crippen molar-refractivity contribution in [3.63, 3.8) is 0 Å². The van der Waals surface area contributed by atoms with Gasteiger partial charge in [0.05, 0.1) is 5.92 Å². The van der Waals surface area contributed by atoms with Crippen molar-refractivity contribution >= 4 is 17.4 Å². The quantitative estimate of drug-likeness (QED) is 0.843. The zero-order valence-electron chi connectivity index (χ0n) is 10.9. The highest BCUT2D eigenvalue weighted by Crippen LogP contribution is 2.28. The molecule has 2 heterocycles. The molecule has 1 aromatic heterocycles. The van der Waals surface area contributed by atoms with E-state index >= 15 is 0 Å². The fourth-order valence-electron chi connectivity index (χ4n) is 2.43. The Kier molecular flexibility index (Phi) is 3.69. The first kappa shape index (κ1) is 12.7. The molecule has 0 saturated carbocycles. The van der Waals surface area contributed by atoms with Gasteiger partial charge in [-0.1, -0.05) is 0 Å². The van der Waals surface area contributed by atoms with E-state index < -0.39 is 0 Å². The molecule has 1 aliphatic heterocycles. The zero-order chi connectivity index (χ0) is 13.1. The van der Waals surface area contributed by atoms with Crippen LogP contribution in [-0.4, -0.2) is 30.5 Å². The summed E-state index contributed by atoms with van der Waals surface area (Å²) in [7, 11) is 1.85. The second-order valence-electron chi connectivity index (χ2n) is 4.83. The minimum Gasteiger partial charge on any atom is -0.373 e. The van der Waals surface area contributed by atoms with Crippen LogP contribution in [0.4, 0.5) is 11.5 Å². The highest BCUT2D eigenvalue weighted by Gasteiger charge is 2.28. The van der Waals surface area contributed by atoms with E-state index in [1.165, 1.54) is 0 Å². The van der Waals surface area contributed by atoms with Gasteiger partial charge in [0.2, 0.25) is 5.91 Å². The van der Waals surface area contributed by atoms with Gasteiger partial charge in [0.25, 0.3) is 0 Å². The van der Waals surface area contributed by atoms with E-state index in [0.29, 0.717) is 12.6 Å². The van der Waals surface area contributed by atoms with E-state index in [1.807, 2.05) is 19.2 Å². The summed E-state index contributed by atoms with van der Waals surface area (Å²) in [6.07, 6.45) is 3.66. The van der Waals surface area contributed by atoms with Crippen LogP contribution >= 0.6 is 0 Å². The van der Waals surface area contributed by atoms with Crippen molar-refractivity contribution in [3.05, 3.63) is 18.3 Å². The second kappa shape index (κ2) is 5.25. The van der Waals surface area contributed by atoms with E-state index in [2.05, 4.69) is 22.1 Å². The van der Waals surface area contributed by atoms with Crippen LogP contribution in [0, 0.1) is 5.92 Å². The predicted molar refractivity (Wildman–Crippen MR) is 72.5 cm³/mol. The van der Waals surface area contributed by atoms with Gasteiger partial charge in [0.15, 0.2) is 0 Å². The molecule has 0 spiro atoms. The van der Waals surface area contributed by atoms with E-state index in [-0.39, 0.29) is 11.8 Å². The first-order valence-corrected chi connectivity index (χ1v) is 6.31. The van der Waals surface area contributed by atoms with Crippen LogP contribution in [0.15, 0.2) is 18.3 Å². The minimum atomic E-state index is -0.199. The van der Waals surface area contributed by atoms with Crippen LogP contribution in [0.1, 0.15) is 19.8 Å². The summed E-state index contributed by atoms with van der Waals surface area (Å²) in [6.45, 7) is 2.88. The predicted octanol–water partition coefficient (Wildman–Crippen LogP) is 1.21. The number of piperidine rings is 1. The van der Waals surface area contributed by atoms with E-state index in [9.17, 15) is 4.79 Å². The van der Waals surface area contributed by atoms with Crippen molar-refractivity contribution in [2.75, 3.05) is 23.8 Å². The van der Waals surface area contributed by atoms with Crippen molar-refractivity contribution in [3.8, 4) is 0 Å². The number of carbonyl (C=O) groups is 1. The van der Waals surface area contributed by atoms with Crippen molar-refractivity contribution in [1.82, 2.24) is 4.98 Å². The van der Waals surface area contributed by atoms with Crippen molar-refractivity contribution in [1.29, 1.82) is 0 Å². The van der Waals surface area contributed by atoms with Crippen molar-refractivity contribution < 1.29 is 4.79 Å². The molecule has 1 aliphatic rings. The Hall–Kier alpha value is -1.78. The Morgan fingerprint density at radius 2 is 2.33 bits per heavy atom. The number of nitrogens with zero attached hydrogens (tertiary/aromatic N) is 2. The third-order valence-electron chi connectivity index (χ3n) is 3.62. The van der Waals surface area contributed by atoms with Crippen LogP contribution in [-0.2, 0) is 4.79 Å². The Labute approximate surface area is 107 Å². The van der Waals surface area contributed by atoms with Crippen molar-refractivity contribution in [2.45, 2.75) is 25.8 Å². The standard InChI is InChI=1S/C13H20N4O/c1-9-3-4-10(13(14)18)8-17(9)11-5-6-16-12(7-11)15-2/h5-7,9-10H,3-4,8H2,1-2H3,(H2,14,18)(H,15,16). The lowest BCUT2D eigenvalue weighted by atomic mass is 9.92. The zero-order valence-corrected chi connectivity index (χ0v) is 10.9. The Bertz CT molecular complexity index is 435. The average molecular weight is 248 g/mol. The molecule has 2 rings (SSSR count). The van der Waals surface area contributed by atoms with Crippen LogP contribution in [0.25, 0.3) is 0 Å². The summed E-state index contributed by atoms with van der Waals surface area (Å²) in [6, 6.07) is 4.40. The number of pyridine rings is 1. The van der Waals surface area contributed by atoms with Gasteiger partial charge < -0.3 is 16.0 Å². The molecule has 98 valence electrons. The molecule has 18 heavy (non-hydrogen) atoms. The topological polar surface area (TPSA) is 71.2 Å². The van der Waals surface area contributed by atoms with Gasteiger partial charge in [-0.25, -0.2) is 4.98 Å². The molecule has 1 amide bonds. The van der Waals surface area contributed by atoms with Gasteiger partial charge in [-0.15, -0.1) is 0 Å². The molecule has 3 N–H and O–H groups in total. The SMILES string of the molecule is CNc1cc(N2CC(C(N)=O)CCC2C)ccn1. The fraction of sp³-hybridized carbons (Fsp3) is 0.538. The third-order valence-corrected chi connectivity index (χ3v) is 3.62. The molecule has 2 atom stereocenters. The number of rotatable bonds is 3. The number of hydrogen-bond donors (Lipinski definition) is 2. The smallest absolute Gasteiger partial charge is 0.222 e. The van der Waals surface area contributed by atoms with Crippen LogP contribution in [0.3, 0.4) is 0 Å². The highest BCUT2D eigenvalue weighted by molar-refractivity contribution is 5.77. The molecule has 0 aromatic carbocycles. The lowest BCUT2D eigenvalue weighted by molar-refractivity contribution is -0.122. The molecular formula is C13H20N4O. The van der Waals surface area contributed by atoms with Gasteiger partial charge in [-0.3, -0.25) is 4.79 Å². The first-order chi connectivity index (χ1) is 8.61. The molecule has 0 bridgehead atoms. The Balaban J connectivity index is 2.21. The fourth-order valence-corrected chi connectivity index (χ4v) is 2.43. The molecule has 0 radical (unpaired) electrons. The Morgan fingerprint density at radius 1 is 1.56 bits per heavy atom. The van der Waals surface area contributed by atoms with Crippen molar-refractivity contribution in [2.24, 2.45) is 11.7 Å². The van der Waals surface area contributed by atoms with E-state index in [4.69, 9.17) is 5.73 Å². The number of carbonyl (C=O) groups excluding carboxylic acids is 1. The van der Waals surface area contributed by atoms with E-state index in [0.717, 1.165) is 24.3 Å². The third kappa shape index (κ3) is 2.55. The summed E-state index contributed by atoms with van der Waals surface area (Å²) in [5.74, 6) is 0.586. The average Bonchev–Trinajstić information content (AvgIpc) is 2.39. The highest BCUT2D eigenvalue weighted by atomic mass is 16.1. The molecule has 1 fully saturated rings. The molecule has 5 nitrogen and oxygen atoms in total. The lowest BCUT2D eigenvalue weighted by Gasteiger charge is -2.38. The molecular weight excluding hydrogens is 228 g/mol. The maximum Gasteiger partial charge on any atom is 0.222 e. The number of amides is 1. The van der Waals surface area contributed by atoms with E-state index in [1.54, 1.807) is 6.20 Å². The summed E-state index contributed by atoms with van der Waals surface area (Å²) in [5.41, 5.74) is 6.51. The maximum atomic E-state index is 11.3. The number of nitrogens with two attached hydrogens (primary N) is 1. The maximum absolute atomic E-state index is 11.3. The number of nitrogens with one attached hydrogen (secondary N) is 1. The Morgan fingerprint density at radius 3 is 3.00 bits per heavy atom. The van der Waals surface area contributed by atoms with Gasteiger partial charge in [-0.2, -0.15) is 0 Å². The molecule has 5 heteroatoms. The van der Waals surface area contributed by atoms with Gasteiger partial charge in [-0.05, 0) is 25.8 Å². The molecule has 0 aliphatic carbocycles. The van der Waals surface area contributed by atoms with Crippen LogP contribution in [0.5, 0.6) is 0 Å². The summed E-state index contributed by atoms with van der Waals surface area (Å²) < 4.78 is 0. The number of hydrogen-bond acceptors (Lipinski definition) is 4. The van der Waals surface area contributed by atoms with Crippen LogP contribution in [0.2, 0.25) is 0 Å². The van der Waals surface area contributed by atoms with Crippen LogP contribution < -0.4 is 16.0 Å². The minimum absolute atomic E-state index is 0.0487. The number of anilines is 2. The molecule has 1 saturated heterocycles. The summed E-state index contributed by atoms with van der Waals surface area (Å²) >= 11 is 0. The van der Waals surface area contributed by atoms with Gasteiger partial charge in [0, 0.05) is 37.6 Å². The normalized spacial score (nSPS) is 23.8. The van der Waals surface area contributed by atoms with Gasteiger partial charge >= 0.3 is 0 Å². The monoisotopic (exact) mass is 248 g/mol. The largest absolute Gasteiger partial charge is 0.373 e. The van der Waals surface area contributed by atoms with Gasteiger partial charge in [0.1, 0.15) is 5.82 Å². The summed E-state index contributed by atoms with van der Waals surface area (Å²) in [5, 5.41) is 3.03. The number of primary amides is 1. The second-order valence-corrected chi connectivity index (χ2v) is 4.83. The molecule has 1 aromatic rings. The number of aromatic nitrogens is 1. The first-order valence-electron chi connectivity index (χ1n) is 6.31. The summed E-state index contributed by atoms with van der Waals surface area (Å²) in [4.78, 5) is 17.8.